The van der Waals surface area contributed by atoms with E-state index in [0.717, 1.165) is 12.1 Å². The van der Waals surface area contributed by atoms with Crippen LogP contribution >= 0.6 is 0 Å². The second-order valence-electron chi connectivity index (χ2n) is 4.49. The van der Waals surface area contributed by atoms with E-state index in [-0.39, 0.29) is 17.6 Å². The molecule has 21 heavy (non-hydrogen) atoms. The zero-order valence-corrected chi connectivity index (χ0v) is 12.1. The normalized spacial score (nSPS) is 12.2. The Morgan fingerprint density at radius 3 is 2.90 bits per heavy atom. The van der Waals surface area contributed by atoms with E-state index in [4.69, 9.17) is 0 Å². The second-order valence-corrected chi connectivity index (χ2v) is 4.49. The predicted molar refractivity (Wildman–Crippen MR) is 74.7 cm³/mol. The second kappa shape index (κ2) is 6.45. The van der Waals surface area contributed by atoms with Gasteiger partial charge in [-0.15, -0.1) is 5.10 Å². The summed E-state index contributed by atoms with van der Waals surface area (Å²) in [6.45, 7) is 4.75. The maximum absolute atomic E-state index is 14.2. The molecule has 7 heteroatoms. The van der Waals surface area contributed by atoms with Crippen molar-refractivity contribution in [1.29, 1.82) is 0 Å². The molecule has 0 radical (unpaired) electrons. The summed E-state index contributed by atoms with van der Waals surface area (Å²) in [6, 6.07) is 4.92. The third-order valence-corrected chi connectivity index (χ3v) is 3.09. The lowest BCUT2D eigenvalue weighted by atomic mass is 10.1. The van der Waals surface area contributed by atoms with E-state index in [1.807, 2.05) is 19.9 Å². The number of nitrogens with one attached hydrogen (secondary N) is 1. The molecular weight excluding hydrogens is 275 g/mol. The molecule has 1 atom stereocenters. The SMILES string of the molecule is CCNC(C)c1ccc(-n2cnc(C(=O)OC)n2)c(F)c1. The number of carbonyl (C=O) groups is 1. The average molecular weight is 292 g/mol. The number of halogens is 1. The maximum Gasteiger partial charge on any atom is 0.377 e. The van der Waals surface area contributed by atoms with Crippen LogP contribution in [0.2, 0.25) is 0 Å². The van der Waals surface area contributed by atoms with Gasteiger partial charge >= 0.3 is 5.97 Å². The molecule has 1 aromatic heterocycles. The third-order valence-electron chi connectivity index (χ3n) is 3.09. The summed E-state index contributed by atoms with van der Waals surface area (Å²) < 4.78 is 19.9. The summed E-state index contributed by atoms with van der Waals surface area (Å²) in [5.74, 6) is -1.20. The van der Waals surface area contributed by atoms with Gasteiger partial charge in [0.05, 0.1) is 7.11 Å². The highest BCUT2D eigenvalue weighted by molar-refractivity contribution is 5.84. The Morgan fingerprint density at radius 2 is 2.29 bits per heavy atom. The van der Waals surface area contributed by atoms with Crippen LogP contribution in [0.4, 0.5) is 4.39 Å². The molecule has 0 aliphatic rings. The zero-order chi connectivity index (χ0) is 15.4. The lowest BCUT2D eigenvalue weighted by Crippen LogP contribution is -2.18. The van der Waals surface area contributed by atoms with Gasteiger partial charge in [-0.1, -0.05) is 13.0 Å². The van der Waals surface area contributed by atoms with Crippen molar-refractivity contribution in [1.82, 2.24) is 20.1 Å². The first-order chi connectivity index (χ1) is 10.1. The van der Waals surface area contributed by atoms with Gasteiger partial charge in [0.25, 0.3) is 5.82 Å². The first-order valence-corrected chi connectivity index (χ1v) is 6.60. The molecule has 0 spiro atoms. The van der Waals surface area contributed by atoms with Crippen LogP contribution in [0, 0.1) is 5.82 Å². The molecule has 0 amide bonds. The highest BCUT2D eigenvalue weighted by atomic mass is 19.1. The Labute approximate surface area is 121 Å². The van der Waals surface area contributed by atoms with E-state index in [2.05, 4.69) is 20.1 Å². The Morgan fingerprint density at radius 1 is 1.52 bits per heavy atom. The predicted octanol–water partition coefficient (Wildman–Crippen LogP) is 1.86. The minimum atomic E-state index is -0.661. The largest absolute Gasteiger partial charge is 0.463 e. The van der Waals surface area contributed by atoms with Crippen molar-refractivity contribution in [3.8, 4) is 5.69 Å². The van der Waals surface area contributed by atoms with Crippen molar-refractivity contribution >= 4 is 5.97 Å². The highest BCUT2D eigenvalue weighted by Crippen LogP contribution is 2.19. The molecule has 6 nitrogen and oxygen atoms in total. The standard InChI is InChI=1S/C14H17FN4O2/c1-4-16-9(2)10-5-6-12(11(15)7-10)19-8-17-13(18-19)14(20)21-3/h5-9,16H,4H2,1-3H3. The Hall–Kier alpha value is -2.28. The number of rotatable bonds is 5. The topological polar surface area (TPSA) is 69.0 Å². The van der Waals surface area contributed by atoms with Gasteiger partial charge in [-0.2, -0.15) is 0 Å². The van der Waals surface area contributed by atoms with Crippen molar-refractivity contribution in [2.24, 2.45) is 0 Å². The Kier molecular flexibility index (Phi) is 4.64. The lowest BCUT2D eigenvalue weighted by molar-refractivity contribution is 0.0587. The van der Waals surface area contributed by atoms with Crippen LogP contribution in [0.5, 0.6) is 0 Å². The summed E-state index contributed by atoms with van der Waals surface area (Å²) in [5, 5.41) is 7.11. The molecule has 0 aliphatic heterocycles. The van der Waals surface area contributed by atoms with Crippen molar-refractivity contribution in [3.05, 3.63) is 41.7 Å². The highest BCUT2D eigenvalue weighted by Gasteiger charge is 2.15. The fourth-order valence-electron chi connectivity index (χ4n) is 1.97. The number of ether oxygens (including phenoxy) is 1. The number of aromatic nitrogens is 3. The fraction of sp³-hybridized carbons (Fsp3) is 0.357. The molecule has 1 unspecified atom stereocenters. The molecule has 1 heterocycles. The van der Waals surface area contributed by atoms with Gasteiger partial charge in [0.1, 0.15) is 17.8 Å². The van der Waals surface area contributed by atoms with E-state index in [1.165, 1.54) is 24.2 Å². The molecule has 2 rings (SSSR count). The third kappa shape index (κ3) is 3.25. The number of esters is 1. The van der Waals surface area contributed by atoms with Crippen LogP contribution in [-0.2, 0) is 4.74 Å². The van der Waals surface area contributed by atoms with Crippen LogP contribution in [0.3, 0.4) is 0 Å². The van der Waals surface area contributed by atoms with Crippen LogP contribution in [-0.4, -0.2) is 34.4 Å². The molecule has 0 aliphatic carbocycles. The molecular formula is C14H17FN4O2. The maximum atomic E-state index is 14.2. The summed E-state index contributed by atoms with van der Waals surface area (Å²) in [4.78, 5) is 15.1. The van der Waals surface area contributed by atoms with Gasteiger partial charge in [-0.3, -0.25) is 0 Å². The van der Waals surface area contributed by atoms with Crippen molar-refractivity contribution < 1.29 is 13.9 Å². The van der Waals surface area contributed by atoms with Crippen molar-refractivity contribution in [3.63, 3.8) is 0 Å². The van der Waals surface area contributed by atoms with Crippen LogP contribution < -0.4 is 5.32 Å². The number of methoxy groups -OCH3 is 1. The van der Waals surface area contributed by atoms with E-state index in [9.17, 15) is 9.18 Å². The molecule has 2 aromatic rings. The quantitative estimate of drug-likeness (QED) is 0.852. The summed E-state index contributed by atoms with van der Waals surface area (Å²) in [5.41, 5.74) is 1.07. The van der Waals surface area contributed by atoms with Gasteiger partial charge in [0.2, 0.25) is 0 Å². The molecule has 112 valence electrons. The first kappa shape index (κ1) is 15.1. The van der Waals surface area contributed by atoms with Gasteiger partial charge in [-0.25, -0.2) is 18.9 Å². The van der Waals surface area contributed by atoms with E-state index in [0.29, 0.717) is 0 Å². The average Bonchev–Trinajstić information content (AvgIpc) is 2.96. The molecule has 0 saturated carbocycles. The van der Waals surface area contributed by atoms with Crippen LogP contribution in [0.25, 0.3) is 5.69 Å². The summed E-state index contributed by atoms with van der Waals surface area (Å²) >= 11 is 0. The van der Waals surface area contributed by atoms with Crippen LogP contribution in [0.1, 0.15) is 36.1 Å². The van der Waals surface area contributed by atoms with Crippen LogP contribution in [0.15, 0.2) is 24.5 Å². The first-order valence-electron chi connectivity index (χ1n) is 6.60. The van der Waals surface area contributed by atoms with Crippen molar-refractivity contribution in [2.75, 3.05) is 13.7 Å². The number of nitrogens with zero attached hydrogens (tertiary/aromatic N) is 3. The van der Waals surface area contributed by atoms with E-state index in [1.54, 1.807) is 6.07 Å². The van der Waals surface area contributed by atoms with E-state index >= 15 is 0 Å². The monoisotopic (exact) mass is 292 g/mol. The Balaban J connectivity index is 2.28. The molecule has 1 N–H and O–H groups in total. The summed E-state index contributed by atoms with van der Waals surface area (Å²) in [6.07, 6.45) is 1.28. The fourth-order valence-corrected chi connectivity index (χ4v) is 1.97. The van der Waals surface area contributed by atoms with Gasteiger partial charge < -0.3 is 10.1 Å². The number of carbonyl (C=O) groups excluding carboxylic acids is 1. The van der Waals surface area contributed by atoms with Crippen molar-refractivity contribution in [2.45, 2.75) is 19.9 Å². The molecule has 0 fully saturated rings. The van der Waals surface area contributed by atoms with Gasteiger partial charge in [0, 0.05) is 6.04 Å². The Bertz CT molecular complexity index is 642. The molecule has 0 bridgehead atoms. The lowest BCUT2D eigenvalue weighted by Gasteiger charge is -2.13. The number of hydrogen-bond donors (Lipinski definition) is 1. The van der Waals surface area contributed by atoms with Gasteiger partial charge in [0.15, 0.2) is 0 Å². The molecule has 0 saturated heterocycles. The molecule has 1 aromatic carbocycles. The minimum Gasteiger partial charge on any atom is -0.463 e. The smallest absolute Gasteiger partial charge is 0.377 e. The minimum absolute atomic E-state index is 0.0555. The zero-order valence-electron chi connectivity index (χ0n) is 12.1. The van der Waals surface area contributed by atoms with Gasteiger partial charge in [-0.05, 0) is 31.2 Å². The van der Waals surface area contributed by atoms with E-state index < -0.39 is 11.8 Å². The number of benzene rings is 1. The number of hydrogen-bond acceptors (Lipinski definition) is 5. The summed E-state index contributed by atoms with van der Waals surface area (Å²) in [7, 11) is 1.24.